The summed E-state index contributed by atoms with van der Waals surface area (Å²) in [6.07, 6.45) is -0.365. The predicted octanol–water partition coefficient (Wildman–Crippen LogP) is 3.84. The second-order valence-corrected chi connectivity index (χ2v) is 6.67. The maximum absolute atomic E-state index is 12.0. The van der Waals surface area contributed by atoms with Crippen LogP contribution >= 0.6 is 11.3 Å². The highest BCUT2D eigenvalue weighted by atomic mass is 32.1. The number of nitrogens with two attached hydrogens (primary N) is 1. The van der Waals surface area contributed by atoms with E-state index in [-0.39, 0.29) is 12.2 Å². The van der Waals surface area contributed by atoms with Gasteiger partial charge < -0.3 is 21.2 Å². The molecule has 26 heavy (non-hydrogen) atoms. The van der Waals surface area contributed by atoms with Gasteiger partial charge in [-0.3, -0.25) is 0 Å². The molecule has 0 saturated carbocycles. The summed E-state index contributed by atoms with van der Waals surface area (Å²) in [5.74, 6) is 0.763. The smallest absolute Gasteiger partial charge is 0.319 e. The first kappa shape index (κ1) is 16.4. The van der Waals surface area contributed by atoms with Gasteiger partial charge in [0.15, 0.2) is 5.75 Å². The molecule has 0 bridgehead atoms. The Balaban J connectivity index is 1.42. The van der Waals surface area contributed by atoms with Crippen molar-refractivity contribution in [3.8, 4) is 5.75 Å². The molecule has 4 rings (SSSR count). The lowest BCUT2D eigenvalue weighted by Crippen LogP contribution is -2.32. The van der Waals surface area contributed by atoms with Gasteiger partial charge in [0, 0.05) is 17.5 Å². The molecule has 132 valence electrons. The lowest BCUT2D eigenvalue weighted by atomic mass is 10.1. The van der Waals surface area contributed by atoms with Gasteiger partial charge in [0.2, 0.25) is 0 Å². The number of fused-ring (bicyclic) bond motifs is 1. The zero-order valence-corrected chi connectivity index (χ0v) is 14.7. The monoisotopic (exact) mass is 366 g/mol. The molecular formula is C19H18N4O2S. The number of carbonyl (C=O) groups is 1. The number of nitrogens with one attached hydrogen (secondary N) is 2. The maximum atomic E-state index is 12.0. The zero-order chi connectivity index (χ0) is 17.9. The highest BCUT2D eigenvalue weighted by Crippen LogP contribution is 2.37. The molecule has 0 saturated heterocycles. The third-order valence-electron chi connectivity index (χ3n) is 4.08. The van der Waals surface area contributed by atoms with E-state index in [4.69, 9.17) is 10.6 Å². The minimum absolute atomic E-state index is 0.240. The van der Waals surface area contributed by atoms with E-state index in [2.05, 4.69) is 10.6 Å². The highest BCUT2D eigenvalue weighted by Gasteiger charge is 2.29. The van der Waals surface area contributed by atoms with Crippen LogP contribution < -0.4 is 26.3 Å². The molecule has 1 aromatic heterocycles. The molecule has 1 aliphatic rings. The van der Waals surface area contributed by atoms with Gasteiger partial charge in [0.05, 0.1) is 11.4 Å². The molecule has 7 heteroatoms. The van der Waals surface area contributed by atoms with Gasteiger partial charge in [-0.05, 0) is 35.2 Å². The molecule has 3 aromatic rings. The molecule has 6 nitrogen and oxygen atoms in total. The summed E-state index contributed by atoms with van der Waals surface area (Å²) in [6, 6.07) is 17.1. The number of anilines is 2. The average molecular weight is 366 g/mol. The standard InChI is InChI=1S/C19H18N4O2S/c20-18-16-6-1-2-7-17(16)25-23(18)15-5-3-4-13(10-15)11-21-19(24)22-14-8-9-26-12-14/h1-10,12,18H,11,20H2,(H2,21,22,24). The van der Waals surface area contributed by atoms with Gasteiger partial charge in [-0.1, -0.05) is 30.3 Å². The molecule has 2 amide bonds. The minimum atomic E-state index is -0.365. The average Bonchev–Trinajstić information content (AvgIpc) is 3.29. The van der Waals surface area contributed by atoms with Crippen LogP contribution in [0.2, 0.25) is 0 Å². The highest BCUT2D eigenvalue weighted by molar-refractivity contribution is 7.08. The summed E-state index contributed by atoms with van der Waals surface area (Å²) in [6.45, 7) is 0.403. The molecule has 1 aliphatic heterocycles. The van der Waals surface area contributed by atoms with Crippen molar-refractivity contribution < 1.29 is 9.63 Å². The second kappa shape index (κ2) is 7.07. The topological polar surface area (TPSA) is 79.6 Å². The maximum Gasteiger partial charge on any atom is 0.319 e. The van der Waals surface area contributed by atoms with Crippen LogP contribution in [0.4, 0.5) is 16.2 Å². The Morgan fingerprint density at radius 2 is 2.08 bits per heavy atom. The van der Waals surface area contributed by atoms with Gasteiger partial charge in [-0.2, -0.15) is 16.4 Å². The Hall–Kier alpha value is -3.03. The molecule has 0 spiro atoms. The number of hydrogen-bond acceptors (Lipinski definition) is 5. The summed E-state index contributed by atoms with van der Waals surface area (Å²) in [5.41, 5.74) is 9.82. The third-order valence-corrected chi connectivity index (χ3v) is 4.77. The van der Waals surface area contributed by atoms with Crippen LogP contribution in [0.3, 0.4) is 0 Å². The molecule has 4 N–H and O–H groups in total. The normalized spacial score (nSPS) is 15.3. The number of urea groups is 1. The summed E-state index contributed by atoms with van der Waals surface area (Å²) >= 11 is 1.53. The number of hydrogen-bond donors (Lipinski definition) is 3. The number of thiophene rings is 1. The Morgan fingerprint density at radius 1 is 1.19 bits per heavy atom. The first-order valence-corrected chi connectivity index (χ1v) is 9.13. The lowest BCUT2D eigenvalue weighted by molar-refractivity contribution is 0.251. The molecule has 2 heterocycles. The van der Waals surface area contributed by atoms with Crippen molar-refractivity contribution in [1.82, 2.24) is 5.32 Å². The van der Waals surface area contributed by atoms with Crippen molar-refractivity contribution in [3.63, 3.8) is 0 Å². The van der Waals surface area contributed by atoms with E-state index in [9.17, 15) is 4.79 Å². The van der Waals surface area contributed by atoms with Crippen LogP contribution in [0.5, 0.6) is 5.75 Å². The fraction of sp³-hybridized carbons (Fsp3) is 0.105. The van der Waals surface area contributed by atoms with Crippen LogP contribution in [-0.2, 0) is 6.54 Å². The summed E-state index contributed by atoms with van der Waals surface area (Å²) in [7, 11) is 0. The summed E-state index contributed by atoms with van der Waals surface area (Å²) in [4.78, 5) is 17.8. The van der Waals surface area contributed by atoms with E-state index in [1.54, 1.807) is 5.06 Å². The first-order chi connectivity index (χ1) is 12.7. The lowest BCUT2D eigenvalue weighted by Gasteiger charge is -2.22. The predicted molar refractivity (Wildman–Crippen MR) is 103 cm³/mol. The van der Waals surface area contributed by atoms with E-state index in [0.717, 1.165) is 28.3 Å². The van der Waals surface area contributed by atoms with Gasteiger partial charge in [-0.25, -0.2) is 4.79 Å². The van der Waals surface area contributed by atoms with Crippen molar-refractivity contribution in [2.45, 2.75) is 12.7 Å². The number of nitrogens with zero attached hydrogens (tertiary/aromatic N) is 1. The van der Waals surface area contributed by atoms with E-state index >= 15 is 0 Å². The van der Waals surface area contributed by atoms with E-state index in [1.807, 2.05) is 65.4 Å². The largest absolute Gasteiger partial charge is 0.377 e. The number of para-hydroxylation sites is 1. The Labute approximate surface area is 155 Å². The molecule has 0 aliphatic carbocycles. The minimum Gasteiger partial charge on any atom is -0.377 e. The SMILES string of the molecule is NC1c2ccccc2ON1c1cccc(CNC(=O)Nc2ccsc2)c1. The fourth-order valence-corrected chi connectivity index (χ4v) is 3.39. The van der Waals surface area contributed by atoms with E-state index in [0.29, 0.717) is 6.54 Å². The number of hydroxylamine groups is 1. The number of rotatable bonds is 4. The number of amides is 2. The van der Waals surface area contributed by atoms with Crippen LogP contribution in [0, 0.1) is 0 Å². The molecule has 1 unspecified atom stereocenters. The zero-order valence-electron chi connectivity index (χ0n) is 13.9. The van der Waals surface area contributed by atoms with Gasteiger partial charge in [-0.15, -0.1) is 0 Å². The third kappa shape index (κ3) is 3.35. The Kier molecular flexibility index (Phi) is 4.47. The quantitative estimate of drug-likeness (QED) is 0.655. The van der Waals surface area contributed by atoms with Crippen LogP contribution in [-0.4, -0.2) is 6.03 Å². The van der Waals surface area contributed by atoms with Crippen molar-refractivity contribution in [3.05, 3.63) is 76.5 Å². The fourth-order valence-electron chi connectivity index (χ4n) is 2.81. The molecule has 0 fully saturated rings. The first-order valence-electron chi connectivity index (χ1n) is 8.18. The van der Waals surface area contributed by atoms with Crippen molar-refractivity contribution in [2.75, 3.05) is 10.4 Å². The molecule has 0 radical (unpaired) electrons. The van der Waals surface area contributed by atoms with Crippen LogP contribution in [0.1, 0.15) is 17.3 Å². The molecule has 2 aromatic carbocycles. The molecule has 1 atom stereocenters. The van der Waals surface area contributed by atoms with Crippen molar-refractivity contribution in [2.24, 2.45) is 5.73 Å². The summed E-state index contributed by atoms with van der Waals surface area (Å²) in [5, 5.41) is 11.1. The summed E-state index contributed by atoms with van der Waals surface area (Å²) < 4.78 is 0. The Bertz CT molecular complexity index is 913. The van der Waals surface area contributed by atoms with Crippen molar-refractivity contribution >= 4 is 28.7 Å². The van der Waals surface area contributed by atoms with Crippen LogP contribution in [0.25, 0.3) is 0 Å². The van der Waals surface area contributed by atoms with Gasteiger partial charge >= 0.3 is 6.03 Å². The van der Waals surface area contributed by atoms with Crippen molar-refractivity contribution in [1.29, 1.82) is 0 Å². The number of benzene rings is 2. The Morgan fingerprint density at radius 3 is 2.88 bits per heavy atom. The van der Waals surface area contributed by atoms with Gasteiger partial charge in [0.25, 0.3) is 0 Å². The van der Waals surface area contributed by atoms with Crippen LogP contribution in [0.15, 0.2) is 65.4 Å². The van der Waals surface area contributed by atoms with E-state index < -0.39 is 0 Å². The second-order valence-electron chi connectivity index (χ2n) is 5.89. The van der Waals surface area contributed by atoms with Gasteiger partial charge in [0.1, 0.15) is 6.17 Å². The molecular weight excluding hydrogens is 348 g/mol. The number of carbonyl (C=O) groups excluding carboxylic acids is 1. The van der Waals surface area contributed by atoms with E-state index in [1.165, 1.54) is 11.3 Å².